The van der Waals surface area contributed by atoms with Crippen LogP contribution in [0.3, 0.4) is 0 Å². The van der Waals surface area contributed by atoms with Crippen molar-refractivity contribution in [2.45, 2.75) is 46.6 Å². The first-order chi connectivity index (χ1) is 14.3. The Kier molecular flexibility index (Phi) is 8.87. The Morgan fingerprint density at radius 1 is 1.27 bits per heavy atom. The molecular formula is C22H30ClN3O4. The van der Waals surface area contributed by atoms with Crippen molar-refractivity contribution in [3.05, 3.63) is 61.3 Å². The summed E-state index contributed by atoms with van der Waals surface area (Å²) in [5.41, 5.74) is 0.597. The molecule has 7 nitrogen and oxygen atoms in total. The number of aliphatic hydroxyl groups is 1. The van der Waals surface area contributed by atoms with E-state index < -0.39 is 11.2 Å². The first kappa shape index (κ1) is 23.9. The highest BCUT2D eigenvalue weighted by Gasteiger charge is 2.18. The number of aromatic nitrogens is 2. The van der Waals surface area contributed by atoms with Crippen molar-refractivity contribution in [3.63, 3.8) is 0 Å². The van der Waals surface area contributed by atoms with E-state index in [2.05, 4.69) is 4.99 Å². The fourth-order valence-electron chi connectivity index (χ4n) is 3.15. The molecule has 1 heterocycles. The van der Waals surface area contributed by atoms with Gasteiger partial charge >= 0.3 is 5.69 Å². The van der Waals surface area contributed by atoms with E-state index in [-0.39, 0.29) is 19.1 Å². The third-order valence-corrected chi connectivity index (χ3v) is 5.08. The van der Waals surface area contributed by atoms with E-state index in [1.165, 1.54) is 4.57 Å². The second-order valence-corrected chi connectivity index (χ2v) is 7.79. The van der Waals surface area contributed by atoms with Gasteiger partial charge in [0.15, 0.2) is 5.90 Å². The molecule has 0 amide bonds. The Morgan fingerprint density at radius 3 is 2.53 bits per heavy atom. The minimum absolute atomic E-state index is 0.0657. The molecule has 1 unspecified atom stereocenters. The molecule has 0 aliphatic rings. The van der Waals surface area contributed by atoms with Crippen LogP contribution >= 0.6 is 11.6 Å². The molecule has 0 bridgehead atoms. The number of nitrogens with zero attached hydrogens (tertiary/aromatic N) is 3. The lowest BCUT2D eigenvalue weighted by molar-refractivity contribution is 0.277. The average molecular weight is 436 g/mol. The van der Waals surface area contributed by atoms with Crippen LogP contribution in [0, 0.1) is 12.8 Å². The summed E-state index contributed by atoms with van der Waals surface area (Å²) < 4.78 is 8.40. The maximum absolute atomic E-state index is 12.7. The molecule has 2 rings (SSSR count). The van der Waals surface area contributed by atoms with Gasteiger partial charge in [-0.25, -0.2) is 4.79 Å². The lowest BCUT2D eigenvalue weighted by atomic mass is 10.0. The summed E-state index contributed by atoms with van der Waals surface area (Å²) in [6.07, 6.45) is 1.83. The van der Waals surface area contributed by atoms with E-state index in [0.29, 0.717) is 41.8 Å². The zero-order chi connectivity index (χ0) is 22.3. The fourth-order valence-corrected chi connectivity index (χ4v) is 3.28. The molecule has 2 aromatic rings. The first-order valence-corrected chi connectivity index (χ1v) is 10.5. The van der Waals surface area contributed by atoms with E-state index in [1.807, 2.05) is 38.1 Å². The van der Waals surface area contributed by atoms with Crippen LogP contribution in [0.4, 0.5) is 5.82 Å². The zero-order valence-electron chi connectivity index (χ0n) is 18.0. The van der Waals surface area contributed by atoms with Crippen LogP contribution in [-0.2, 0) is 24.8 Å². The van der Waals surface area contributed by atoms with Gasteiger partial charge in [0, 0.05) is 31.1 Å². The molecule has 0 radical (unpaired) electrons. The van der Waals surface area contributed by atoms with Crippen molar-refractivity contribution in [2.24, 2.45) is 18.0 Å². The summed E-state index contributed by atoms with van der Waals surface area (Å²) in [6, 6.07) is 7.60. The van der Waals surface area contributed by atoms with Gasteiger partial charge in [0.25, 0.3) is 5.56 Å². The van der Waals surface area contributed by atoms with Crippen molar-refractivity contribution in [1.29, 1.82) is 0 Å². The lowest BCUT2D eigenvalue weighted by Gasteiger charge is -2.18. The molecule has 8 heteroatoms. The molecule has 0 spiro atoms. The van der Waals surface area contributed by atoms with E-state index in [4.69, 9.17) is 21.4 Å². The Bertz CT molecular complexity index is 956. The van der Waals surface area contributed by atoms with Crippen molar-refractivity contribution in [1.82, 2.24) is 9.13 Å². The fraction of sp³-hybridized carbons (Fsp3) is 0.500. The Balaban J connectivity index is 2.46. The summed E-state index contributed by atoms with van der Waals surface area (Å²) >= 11 is 5.97. The topological polar surface area (TPSA) is 85.8 Å². The van der Waals surface area contributed by atoms with Crippen LogP contribution in [0.25, 0.3) is 0 Å². The number of hydrogen-bond donors (Lipinski definition) is 1. The summed E-state index contributed by atoms with van der Waals surface area (Å²) in [4.78, 5) is 30.0. The van der Waals surface area contributed by atoms with E-state index >= 15 is 0 Å². The van der Waals surface area contributed by atoms with Crippen LogP contribution in [-0.4, -0.2) is 33.4 Å². The van der Waals surface area contributed by atoms with Crippen molar-refractivity contribution in [3.8, 4) is 0 Å². The highest BCUT2D eigenvalue weighted by Crippen LogP contribution is 2.19. The van der Waals surface area contributed by atoms with E-state index in [1.54, 1.807) is 14.0 Å². The Hall–Kier alpha value is -2.38. The summed E-state index contributed by atoms with van der Waals surface area (Å²) in [7, 11) is 1.59. The number of aliphatic hydroxyl groups excluding tert-OH is 1. The number of hydrogen-bond acceptors (Lipinski definition) is 5. The normalized spacial score (nSPS) is 12.8. The van der Waals surface area contributed by atoms with Crippen molar-refractivity contribution >= 4 is 23.3 Å². The van der Waals surface area contributed by atoms with E-state index in [0.717, 1.165) is 16.6 Å². The zero-order valence-corrected chi connectivity index (χ0v) is 18.8. The molecule has 164 valence electrons. The summed E-state index contributed by atoms with van der Waals surface area (Å²) in [6.45, 7) is 6.22. The predicted octanol–water partition coefficient (Wildman–Crippen LogP) is 3.23. The smallest absolute Gasteiger partial charge is 0.332 e. The van der Waals surface area contributed by atoms with Crippen LogP contribution in [0.1, 0.15) is 37.8 Å². The molecule has 1 aromatic heterocycles. The van der Waals surface area contributed by atoms with Crippen LogP contribution < -0.4 is 11.2 Å². The SMILES string of the molecule is CCCOC(=Nc1c(C)c(=O)n(CCCO)c(=O)n1C)C(C)Cc1ccc(Cl)cc1. The maximum Gasteiger partial charge on any atom is 0.332 e. The molecule has 1 atom stereocenters. The Labute approximate surface area is 181 Å². The third kappa shape index (κ3) is 5.83. The van der Waals surface area contributed by atoms with E-state index in [9.17, 15) is 9.59 Å². The molecule has 30 heavy (non-hydrogen) atoms. The average Bonchev–Trinajstić information content (AvgIpc) is 2.73. The lowest BCUT2D eigenvalue weighted by Crippen LogP contribution is -2.40. The van der Waals surface area contributed by atoms with Crippen LogP contribution in [0.5, 0.6) is 0 Å². The standard InChI is InChI=1S/C22H30ClN3O4/c1-5-13-30-20(15(2)14-17-7-9-18(23)10-8-17)24-19-16(3)21(28)26(11-6-12-27)22(29)25(19)4/h7-10,15,27H,5-6,11-14H2,1-4H3. The number of ether oxygens (including phenoxy) is 1. The highest BCUT2D eigenvalue weighted by molar-refractivity contribution is 6.30. The molecule has 0 aliphatic carbocycles. The summed E-state index contributed by atoms with van der Waals surface area (Å²) in [5, 5.41) is 9.71. The molecule has 1 N–H and O–H groups in total. The van der Waals surface area contributed by atoms with Crippen LogP contribution in [0.2, 0.25) is 5.02 Å². The van der Waals surface area contributed by atoms with Gasteiger partial charge in [0.2, 0.25) is 0 Å². The quantitative estimate of drug-likeness (QED) is 0.484. The predicted molar refractivity (Wildman–Crippen MR) is 120 cm³/mol. The third-order valence-electron chi connectivity index (χ3n) is 4.82. The number of halogens is 1. The van der Waals surface area contributed by atoms with Gasteiger partial charge in [0.05, 0.1) is 12.2 Å². The second kappa shape index (κ2) is 11.1. The van der Waals surface area contributed by atoms with Gasteiger partial charge in [-0.05, 0) is 43.9 Å². The van der Waals surface area contributed by atoms with Crippen molar-refractivity contribution < 1.29 is 9.84 Å². The van der Waals surface area contributed by atoms with Gasteiger partial charge in [-0.2, -0.15) is 4.99 Å². The largest absolute Gasteiger partial charge is 0.480 e. The minimum Gasteiger partial charge on any atom is -0.480 e. The van der Waals surface area contributed by atoms with Gasteiger partial charge in [0.1, 0.15) is 5.82 Å². The highest BCUT2D eigenvalue weighted by atomic mass is 35.5. The Morgan fingerprint density at radius 2 is 1.93 bits per heavy atom. The van der Waals surface area contributed by atoms with Gasteiger partial charge in [-0.1, -0.05) is 37.6 Å². The molecule has 0 fully saturated rings. The summed E-state index contributed by atoms with van der Waals surface area (Å²) in [5.74, 6) is 0.709. The molecule has 0 saturated carbocycles. The number of benzene rings is 1. The first-order valence-electron chi connectivity index (χ1n) is 10.2. The molecule has 0 saturated heterocycles. The second-order valence-electron chi connectivity index (χ2n) is 7.35. The minimum atomic E-state index is -0.460. The number of rotatable bonds is 9. The molecule has 0 aliphatic heterocycles. The van der Waals surface area contributed by atoms with Gasteiger partial charge in [-0.3, -0.25) is 13.9 Å². The van der Waals surface area contributed by atoms with Gasteiger partial charge in [-0.15, -0.1) is 0 Å². The monoisotopic (exact) mass is 435 g/mol. The number of aliphatic imine (C=N–C) groups is 1. The molecular weight excluding hydrogens is 406 g/mol. The maximum atomic E-state index is 12.7. The van der Waals surface area contributed by atoms with Crippen molar-refractivity contribution in [2.75, 3.05) is 13.2 Å². The molecule has 1 aromatic carbocycles. The van der Waals surface area contributed by atoms with Gasteiger partial charge < -0.3 is 9.84 Å². The van der Waals surface area contributed by atoms with Crippen LogP contribution in [0.15, 0.2) is 38.8 Å².